The molecule has 4 rings (SSSR count). The van der Waals surface area contributed by atoms with E-state index in [-0.39, 0.29) is 24.1 Å². The predicted octanol–water partition coefficient (Wildman–Crippen LogP) is 3.33. The summed E-state index contributed by atoms with van der Waals surface area (Å²) >= 11 is 0. The first kappa shape index (κ1) is 17.0. The monoisotopic (exact) mass is 369 g/mol. The number of imidazole rings is 1. The van der Waals surface area contributed by atoms with E-state index in [2.05, 4.69) is 15.0 Å². The van der Waals surface area contributed by atoms with E-state index in [0.717, 1.165) is 24.2 Å². The first-order valence-corrected chi connectivity index (χ1v) is 8.27. The third-order valence-corrected chi connectivity index (χ3v) is 4.59. The van der Waals surface area contributed by atoms with Gasteiger partial charge in [-0.15, -0.1) is 13.2 Å². The maximum absolute atomic E-state index is 12.2. The van der Waals surface area contributed by atoms with Crippen molar-refractivity contribution in [2.24, 2.45) is 0 Å². The van der Waals surface area contributed by atoms with Gasteiger partial charge in [-0.1, -0.05) is 12.1 Å². The Balaban J connectivity index is 1.40. The van der Waals surface area contributed by atoms with Gasteiger partial charge >= 0.3 is 6.36 Å². The maximum Gasteiger partial charge on any atom is 0.573 e. The Labute approximate surface area is 147 Å². The molecule has 0 amide bonds. The van der Waals surface area contributed by atoms with Gasteiger partial charge in [-0.05, 0) is 30.5 Å². The molecule has 140 valence electrons. The van der Waals surface area contributed by atoms with Crippen LogP contribution in [0.4, 0.5) is 19.0 Å². The fraction of sp³-hybridized carbons (Fsp3) is 0.471. The molecule has 1 atom stereocenters. The normalized spacial score (nSPS) is 20.4. The molecule has 1 aromatic heterocycles. The van der Waals surface area contributed by atoms with Crippen molar-refractivity contribution < 1.29 is 27.4 Å². The highest BCUT2D eigenvalue weighted by Gasteiger charge is 2.56. The summed E-state index contributed by atoms with van der Waals surface area (Å²) in [5.74, 6) is 0.486. The number of rotatable bonds is 5. The summed E-state index contributed by atoms with van der Waals surface area (Å²) in [6.07, 6.45) is -1.16. The molecule has 1 saturated carbocycles. The third kappa shape index (κ3) is 3.44. The molecule has 0 saturated heterocycles. The Hall–Kier alpha value is -2.42. The van der Waals surface area contributed by atoms with Gasteiger partial charge in [-0.2, -0.15) is 4.98 Å². The summed E-state index contributed by atoms with van der Waals surface area (Å²) in [7, 11) is 1.79. The van der Waals surface area contributed by atoms with Crippen LogP contribution in [0.3, 0.4) is 0 Å². The minimum atomic E-state index is -4.69. The van der Waals surface area contributed by atoms with Gasteiger partial charge in [0.1, 0.15) is 23.3 Å². The van der Waals surface area contributed by atoms with Crippen molar-refractivity contribution in [3.63, 3.8) is 0 Å². The minimum Gasteiger partial charge on any atom is -0.455 e. The molecule has 2 heterocycles. The topological polar surface area (TPSA) is 57.5 Å². The van der Waals surface area contributed by atoms with E-state index in [1.807, 2.05) is 10.8 Å². The van der Waals surface area contributed by atoms with Crippen molar-refractivity contribution in [1.29, 1.82) is 0 Å². The summed E-state index contributed by atoms with van der Waals surface area (Å²) in [4.78, 5) is 4.36. The van der Waals surface area contributed by atoms with Crippen molar-refractivity contribution in [2.75, 3.05) is 12.4 Å². The Kier molecular flexibility index (Phi) is 3.98. The fourth-order valence-corrected chi connectivity index (χ4v) is 3.06. The molecule has 1 fully saturated rings. The minimum absolute atomic E-state index is 0.139. The molecule has 2 aromatic rings. The van der Waals surface area contributed by atoms with Crippen LogP contribution >= 0.6 is 0 Å². The van der Waals surface area contributed by atoms with Crippen LogP contribution in [-0.2, 0) is 17.9 Å². The average Bonchev–Trinajstić information content (AvgIpc) is 3.23. The molecule has 1 spiro atoms. The molecule has 1 unspecified atom stereocenters. The van der Waals surface area contributed by atoms with Gasteiger partial charge in [0.25, 0.3) is 6.01 Å². The zero-order valence-corrected chi connectivity index (χ0v) is 14.0. The highest BCUT2D eigenvalue weighted by atomic mass is 19.4. The molecule has 1 aliphatic heterocycles. The molecule has 0 radical (unpaired) electrons. The number of nitrogens with one attached hydrogen (secondary N) is 1. The molecule has 1 N–H and O–H groups in total. The molecule has 6 nitrogen and oxygen atoms in total. The van der Waals surface area contributed by atoms with Gasteiger partial charge in [0.2, 0.25) is 0 Å². The van der Waals surface area contributed by atoms with Crippen molar-refractivity contribution in [1.82, 2.24) is 9.55 Å². The van der Waals surface area contributed by atoms with Crippen LogP contribution in [-0.4, -0.2) is 34.7 Å². The van der Waals surface area contributed by atoms with E-state index in [9.17, 15) is 13.2 Å². The number of fused-ring (bicyclic) bond motifs is 1. The highest BCUT2D eigenvalue weighted by Crippen LogP contribution is 2.48. The van der Waals surface area contributed by atoms with E-state index in [1.165, 1.54) is 12.1 Å². The Morgan fingerprint density at radius 3 is 2.65 bits per heavy atom. The van der Waals surface area contributed by atoms with Crippen molar-refractivity contribution >= 4 is 5.82 Å². The van der Waals surface area contributed by atoms with Crippen LogP contribution in [0, 0.1) is 0 Å². The van der Waals surface area contributed by atoms with Gasteiger partial charge in [0.05, 0.1) is 19.3 Å². The Morgan fingerprint density at radius 1 is 1.31 bits per heavy atom. The molecule has 26 heavy (non-hydrogen) atoms. The first-order chi connectivity index (χ1) is 12.4. The van der Waals surface area contributed by atoms with Crippen LogP contribution in [0.1, 0.15) is 18.4 Å². The van der Waals surface area contributed by atoms with Crippen LogP contribution in [0.2, 0.25) is 0 Å². The van der Waals surface area contributed by atoms with Crippen LogP contribution in [0.15, 0.2) is 30.5 Å². The summed E-state index contributed by atoms with van der Waals surface area (Å²) < 4.78 is 54.4. The maximum atomic E-state index is 12.2. The van der Waals surface area contributed by atoms with Crippen LogP contribution in [0.5, 0.6) is 11.8 Å². The number of alkyl halides is 3. The van der Waals surface area contributed by atoms with E-state index < -0.39 is 6.36 Å². The van der Waals surface area contributed by atoms with Gasteiger partial charge in [0, 0.05) is 7.05 Å². The number of nitrogens with zero attached hydrogens (tertiary/aromatic N) is 2. The van der Waals surface area contributed by atoms with Crippen LogP contribution in [0.25, 0.3) is 0 Å². The number of aromatic nitrogens is 2. The lowest BCUT2D eigenvalue weighted by atomic mass is 10.1. The number of hydrogen-bond donors (Lipinski definition) is 1. The molecule has 1 aromatic carbocycles. The number of hydrogen-bond acceptors (Lipinski definition) is 5. The number of benzene rings is 1. The van der Waals surface area contributed by atoms with E-state index in [1.54, 1.807) is 19.2 Å². The SMILES string of the molecule is CNc1cn2c(n1)OC1(CC1)C(OCc1ccc(OC(F)(F)F)cc1)C2. The standard InChI is InChI=1S/C17H18F3N3O3/c1-21-14-9-23-8-13(16(6-7-16)26-15(23)22-14)24-10-11-2-4-12(5-3-11)25-17(18,19)20/h2-5,9,13,21H,6-8,10H2,1H3. The van der Waals surface area contributed by atoms with E-state index >= 15 is 0 Å². The van der Waals surface area contributed by atoms with E-state index in [0.29, 0.717) is 12.6 Å². The second-order valence-corrected chi connectivity index (χ2v) is 6.47. The quantitative estimate of drug-likeness (QED) is 0.876. The van der Waals surface area contributed by atoms with Gasteiger partial charge in [0.15, 0.2) is 0 Å². The number of anilines is 1. The molecule has 2 aliphatic rings. The molecule has 1 aliphatic carbocycles. The lowest BCUT2D eigenvalue weighted by Gasteiger charge is -2.32. The Bertz CT molecular complexity index is 785. The third-order valence-electron chi connectivity index (χ3n) is 4.59. The number of halogens is 3. The Morgan fingerprint density at radius 2 is 2.04 bits per heavy atom. The zero-order valence-electron chi connectivity index (χ0n) is 14.0. The summed E-state index contributed by atoms with van der Waals surface area (Å²) in [6.45, 7) is 0.907. The molecule has 9 heteroatoms. The van der Waals surface area contributed by atoms with Crippen molar-refractivity contribution in [3.8, 4) is 11.8 Å². The predicted molar refractivity (Wildman–Crippen MR) is 86.1 cm³/mol. The van der Waals surface area contributed by atoms with Crippen LogP contribution < -0.4 is 14.8 Å². The molecular formula is C17H18F3N3O3. The lowest BCUT2D eigenvalue weighted by Crippen LogP contribution is -2.43. The molecular weight excluding hydrogens is 351 g/mol. The van der Waals surface area contributed by atoms with E-state index in [4.69, 9.17) is 9.47 Å². The zero-order chi connectivity index (χ0) is 18.4. The summed E-state index contributed by atoms with van der Waals surface area (Å²) in [5, 5.41) is 2.98. The first-order valence-electron chi connectivity index (χ1n) is 8.27. The molecule has 0 bridgehead atoms. The highest BCUT2D eigenvalue weighted by molar-refractivity contribution is 5.35. The average molecular weight is 369 g/mol. The number of ether oxygens (including phenoxy) is 3. The lowest BCUT2D eigenvalue weighted by molar-refractivity contribution is -0.274. The smallest absolute Gasteiger partial charge is 0.455 e. The second kappa shape index (κ2) is 6.08. The fourth-order valence-electron chi connectivity index (χ4n) is 3.06. The van der Waals surface area contributed by atoms with Gasteiger partial charge in [-0.3, -0.25) is 4.57 Å². The van der Waals surface area contributed by atoms with Gasteiger partial charge in [-0.25, -0.2) is 0 Å². The summed E-state index contributed by atoms with van der Waals surface area (Å²) in [5.41, 5.74) is 0.425. The van der Waals surface area contributed by atoms with Crippen molar-refractivity contribution in [2.45, 2.75) is 44.1 Å². The van der Waals surface area contributed by atoms with Gasteiger partial charge < -0.3 is 19.5 Å². The second-order valence-electron chi connectivity index (χ2n) is 6.47. The van der Waals surface area contributed by atoms with Crippen molar-refractivity contribution in [3.05, 3.63) is 36.0 Å². The largest absolute Gasteiger partial charge is 0.573 e. The summed E-state index contributed by atoms with van der Waals surface area (Å²) in [6, 6.07) is 6.27.